The first-order valence-corrected chi connectivity index (χ1v) is 23.6. The van der Waals surface area contributed by atoms with Gasteiger partial charge in [0.05, 0.1) is 52.4 Å². The van der Waals surface area contributed by atoms with Gasteiger partial charge in [-0.05, 0) is 51.4 Å². The summed E-state index contributed by atoms with van der Waals surface area (Å²) in [5, 5.41) is 0. The number of rotatable bonds is 24. The van der Waals surface area contributed by atoms with Gasteiger partial charge in [0.1, 0.15) is 0 Å². The van der Waals surface area contributed by atoms with Crippen LogP contribution in [0.1, 0.15) is 181 Å². The van der Waals surface area contributed by atoms with Crippen molar-refractivity contribution in [3.63, 3.8) is 0 Å². The van der Waals surface area contributed by atoms with Crippen molar-refractivity contribution < 1.29 is 101 Å². The van der Waals surface area contributed by atoms with Gasteiger partial charge in [-0.2, -0.15) is 0 Å². The molecule has 0 amide bonds. The van der Waals surface area contributed by atoms with Crippen molar-refractivity contribution in [1.82, 2.24) is 0 Å². The second-order valence-corrected chi connectivity index (χ2v) is 18.8. The number of unbranched alkanes of at least 4 members (excludes halogenated alkanes) is 8. The molecule has 350 valence electrons. The zero-order valence-corrected chi connectivity index (χ0v) is 43.0. The molecule has 0 radical (unpaired) electrons. The van der Waals surface area contributed by atoms with Gasteiger partial charge < -0.3 is 61.7 Å². The third-order valence-corrected chi connectivity index (χ3v) is 12.3. The van der Waals surface area contributed by atoms with Gasteiger partial charge in [0.2, 0.25) is 0 Å². The number of halogens is 2. The van der Waals surface area contributed by atoms with E-state index in [1.165, 1.54) is 164 Å². The van der Waals surface area contributed by atoms with Crippen molar-refractivity contribution >= 4 is 13.5 Å². The predicted molar refractivity (Wildman–Crippen MR) is 243 cm³/mol. The molecule has 6 saturated heterocycles. The van der Waals surface area contributed by atoms with Crippen LogP contribution in [-0.2, 0) is 27.9 Å². The molecule has 0 spiro atoms. The molecule has 0 aromatic rings. The molecule has 0 aromatic carbocycles. The molecule has 6 aliphatic rings. The molecule has 0 aromatic heterocycles. The van der Waals surface area contributed by atoms with Gasteiger partial charge in [0.25, 0.3) is 0 Å². The van der Waals surface area contributed by atoms with E-state index in [1.807, 2.05) is 13.6 Å². The van der Waals surface area contributed by atoms with E-state index < -0.39 is 13.5 Å². The Morgan fingerprint density at radius 2 is 0.508 bits per heavy atom. The van der Waals surface area contributed by atoms with E-state index in [4.69, 9.17) is 27.9 Å². The van der Waals surface area contributed by atoms with Crippen LogP contribution in [0.5, 0.6) is 0 Å². The first-order chi connectivity index (χ1) is 25.7. The normalized spacial score (nSPS) is 25.0. The quantitative estimate of drug-likeness (QED) is 0.102. The summed E-state index contributed by atoms with van der Waals surface area (Å²) in [6.45, 7) is 40.0. The Labute approximate surface area is 407 Å². The van der Waals surface area contributed by atoms with Crippen molar-refractivity contribution in [1.29, 1.82) is 0 Å². The summed E-state index contributed by atoms with van der Waals surface area (Å²) in [6.07, 6.45) is 22.1. The van der Waals surface area contributed by atoms with Crippen molar-refractivity contribution in [2.24, 2.45) is 10.8 Å². The molecule has 0 unspecified atom stereocenters. The summed E-state index contributed by atoms with van der Waals surface area (Å²) in [7, 11) is 0. The molecular weight excluding hydrogens is 771 g/mol. The second-order valence-electron chi connectivity index (χ2n) is 18.8. The van der Waals surface area contributed by atoms with Crippen molar-refractivity contribution in [2.45, 2.75) is 193 Å². The molecule has 6 fully saturated rings. The Kier molecular flexibility index (Phi) is 44.6. The van der Waals surface area contributed by atoms with Crippen LogP contribution in [0.3, 0.4) is 0 Å². The minimum Gasteiger partial charge on any atom is -1.00 e. The first-order valence-electron chi connectivity index (χ1n) is 23.6. The number of nitrogens with zero attached hydrogens (tertiary/aromatic N) is 2. The van der Waals surface area contributed by atoms with Crippen molar-refractivity contribution in [3.8, 4) is 0 Å². The van der Waals surface area contributed by atoms with E-state index in [9.17, 15) is 0 Å². The Hall–Kier alpha value is 1.58. The van der Waals surface area contributed by atoms with Gasteiger partial charge in [-0.15, -0.1) is 13.6 Å². The van der Waals surface area contributed by atoms with E-state index in [0.29, 0.717) is 0 Å². The molecule has 0 saturated carbocycles. The van der Waals surface area contributed by atoms with Gasteiger partial charge in [-0.3, -0.25) is 0 Å². The molecular formula is C45H102B2Cl2Li2N2O6. The molecule has 6 aliphatic heterocycles. The van der Waals surface area contributed by atoms with Gasteiger partial charge >= 0.3 is 51.2 Å². The third kappa shape index (κ3) is 28.3. The summed E-state index contributed by atoms with van der Waals surface area (Å²) >= 11 is 0. The van der Waals surface area contributed by atoms with E-state index in [1.54, 1.807) is 0 Å². The number of fused-ring (bicyclic) bond motifs is 6. The molecule has 8 nitrogen and oxygen atoms in total. The van der Waals surface area contributed by atoms with Gasteiger partial charge in [-0.25, -0.2) is 0 Å². The second kappa shape index (κ2) is 37.8. The average Bonchev–Trinajstić information content (AvgIpc) is 3.19. The molecule has 0 aliphatic carbocycles. The van der Waals surface area contributed by atoms with Crippen LogP contribution in [0, 0.1) is 10.8 Å². The van der Waals surface area contributed by atoms with Crippen molar-refractivity contribution in [3.05, 3.63) is 0 Å². The zero-order valence-electron chi connectivity index (χ0n) is 41.5. The maximum atomic E-state index is 5.39. The SMILES string of the molecule is C.CCCC[N+](CCCC)(CCCC)CCCC.CCCC[N+](CCCC)(CCCC)CCCC.C[B-]12OCC(C)(CO1)CO2.C[B-]12OCC(C)(CO1)CO2.[2HH].[Cl-].[Cl-].[Li+].[Li+]. The smallest absolute Gasteiger partial charge is 1.00 e. The maximum Gasteiger partial charge on any atom is 1.00 e. The fraction of sp³-hybridized carbons (Fsp3) is 1.00. The minimum absolute atomic E-state index is 0. The standard InChI is InChI=1S/2C16H36N.2C6H12BO3.CH4.2ClH.2Li.H2/c2*1-5-9-13-17(14-10-6-2,15-11-7-3)16-12-8-4;2*1-6-3-8-7(2,9-4-6)10-5-6;;;;;;/h2*5-16H2,1-4H3;2*3-5H2,1-2H3;1H4;2*1H;;;1H/q2*+1;2*-1;;;;2*+1;/p-2/i;;;;;;;;;1+1. The number of hydrogen-bond acceptors (Lipinski definition) is 6. The van der Waals surface area contributed by atoms with Gasteiger partial charge in [0.15, 0.2) is 0 Å². The Balaban J connectivity index is -0.000000160. The van der Waals surface area contributed by atoms with E-state index in [0.717, 1.165) is 39.6 Å². The predicted octanol–water partition coefficient (Wildman–Crippen LogP) is 0.182. The van der Waals surface area contributed by atoms with Crippen LogP contribution in [0.25, 0.3) is 0 Å². The summed E-state index contributed by atoms with van der Waals surface area (Å²) < 4.78 is 35.2. The van der Waals surface area contributed by atoms with E-state index in [-0.39, 0.29) is 82.2 Å². The molecule has 6 rings (SSSR count). The van der Waals surface area contributed by atoms with Crippen LogP contribution < -0.4 is 62.5 Å². The number of hydrogen-bond donors (Lipinski definition) is 0. The molecule has 6 heterocycles. The van der Waals surface area contributed by atoms with Crippen molar-refractivity contribution in [2.75, 3.05) is 92.0 Å². The fourth-order valence-electron chi connectivity index (χ4n) is 7.94. The van der Waals surface area contributed by atoms with Crippen LogP contribution in [0.2, 0.25) is 13.6 Å². The van der Waals surface area contributed by atoms with Crippen LogP contribution in [-0.4, -0.2) is 114 Å². The summed E-state index contributed by atoms with van der Waals surface area (Å²) in [6, 6.07) is 0. The Morgan fingerprint density at radius 1 is 0.373 bits per heavy atom. The summed E-state index contributed by atoms with van der Waals surface area (Å²) in [4.78, 5) is 0. The molecule has 4 bridgehead atoms. The topological polar surface area (TPSA) is 55.4 Å². The summed E-state index contributed by atoms with van der Waals surface area (Å²) in [5.41, 5.74) is 0.221. The Bertz CT molecular complexity index is 728. The summed E-state index contributed by atoms with van der Waals surface area (Å²) in [5.74, 6) is 0. The largest absolute Gasteiger partial charge is 1.00 e. The van der Waals surface area contributed by atoms with E-state index in [2.05, 4.69) is 69.2 Å². The number of quaternary nitrogens is 2. The first kappa shape index (κ1) is 69.6. The van der Waals surface area contributed by atoms with Crippen LogP contribution in [0.15, 0.2) is 0 Å². The maximum absolute atomic E-state index is 5.39. The van der Waals surface area contributed by atoms with Gasteiger partial charge in [0, 0.05) is 51.9 Å². The van der Waals surface area contributed by atoms with Crippen LogP contribution >= 0.6 is 0 Å². The minimum atomic E-state index is -1.35. The van der Waals surface area contributed by atoms with Crippen LogP contribution in [0.4, 0.5) is 0 Å². The molecule has 0 atom stereocenters. The Morgan fingerprint density at radius 3 is 0.610 bits per heavy atom. The third-order valence-electron chi connectivity index (χ3n) is 12.3. The van der Waals surface area contributed by atoms with Gasteiger partial charge in [-0.1, -0.05) is 128 Å². The molecule has 59 heavy (non-hydrogen) atoms. The zero-order chi connectivity index (χ0) is 40.5. The average molecular weight is 875 g/mol. The fourth-order valence-corrected chi connectivity index (χ4v) is 7.94. The molecule has 14 heteroatoms. The monoisotopic (exact) mass is 874 g/mol. The molecule has 0 N–H and O–H groups in total. The van der Waals surface area contributed by atoms with E-state index >= 15 is 0 Å².